The van der Waals surface area contributed by atoms with E-state index in [0.717, 1.165) is 5.56 Å². The average Bonchev–Trinajstić information content (AvgIpc) is 2.45. The van der Waals surface area contributed by atoms with Crippen molar-refractivity contribution in [2.75, 3.05) is 19.0 Å². The third kappa shape index (κ3) is 3.68. The lowest BCUT2D eigenvalue weighted by atomic mass is 10.2. The molecule has 20 heavy (non-hydrogen) atoms. The molecular formula is C14H15ClN4O. The number of carbonyl (C=O) groups excluding carboxylic acids is 1. The lowest BCUT2D eigenvalue weighted by Crippen LogP contribution is -2.23. The number of nitrogens with one attached hydrogen (secondary N) is 1. The minimum atomic E-state index is -0.193. The fourth-order valence-electron chi connectivity index (χ4n) is 1.63. The molecule has 0 aliphatic heterocycles. The molecule has 1 N–H and O–H groups in total. The zero-order valence-corrected chi connectivity index (χ0v) is 12.1. The Labute approximate surface area is 122 Å². The Balaban J connectivity index is 2.09. The number of pyridine rings is 2. The van der Waals surface area contributed by atoms with Crippen molar-refractivity contribution < 1.29 is 4.79 Å². The highest BCUT2D eigenvalue weighted by Gasteiger charge is 2.10. The van der Waals surface area contributed by atoms with Crippen LogP contribution in [-0.4, -0.2) is 30.0 Å². The standard InChI is InChI=1S/C14H15ClN4O/c1-19(2)13-7-11(6-12(15)18-13)14(20)17-9-10-4-3-5-16-8-10/h3-8H,9H2,1-2H3,(H,17,20). The van der Waals surface area contributed by atoms with Crippen molar-refractivity contribution in [2.45, 2.75) is 6.54 Å². The molecule has 0 saturated heterocycles. The third-order valence-corrected chi connectivity index (χ3v) is 2.87. The highest BCUT2D eigenvalue weighted by atomic mass is 35.5. The Kier molecular flexibility index (Phi) is 4.53. The number of rotatable bonds is 4. The van der Waals surface area contributed by atoms with Gasteiger partial charge in [-0.2, -0.15) is 0 Å². The van der Waals surface area contributed by atoms with E-state index in [4.69, 9.17) is 11.6 Å². The van der Waals surface area contributed by atoms with Gasteiger partial charge in [0.15, 0.2) is 0 Å². The summed E-state index contributed by atoms with van der Waals surface area (Å²) in [5.74, 6) is 0.449. The van der Waals surface area contributed by atoms with Gasteiger partial charge in [-0.1, -0.05) is 17.7 Å². The van der Waals surface area contributed by atoms with Gasteiger partial charge in [0, 0.05) is 38.6 Å². The first-order chi connectivity index (χ1) is 9.56. The quantitative estimate of drug-likeness (QED) is 0.877. The molecule has 0 unspecified atom stereocenters. The molecule has 0 radical (unpaired) electrons. The topological polar surface area (TPSA) is 58.1 Å². The lowest BCUT2D eigenvalue weighted by molar-refractivity contribution is 0.0951. The largest absolute Gasteiger partial charge is 0.363 e. The SMILES string of the molecule is CN(C)c1cc(C(=O)NCc2cccnc2)cc(Cl)n1. The van der Waals surface area contributed by atoms with Gasteiger partial charge in [-0.15, -0.1) is 0 Å². The van der Waals surface area contributed by atoms with Gasteiger partial charge in [-0.05, 0) is 23.8 Å². The summed E-state index contributed by atoms with van der Waals surface area (Å²) < 4.78 is 0. The fraction of sp³-hybridized carbons (Fsp3) is 0.214. The van der Waals surface area contributed by atoms with E-state index in [0.29, 0.717) is 23.1 Å². The van der Waals surface area contributed by atoms with E-state index in [2.05, 4.69) is 15.3 Å². The molecule has 0 aromatic carbocycles. The Morgan fingerprint density at radius 3 is 2.85 bits per heavy atom. The van der Waals surface area contributed by atoms with E-state index in [-0.39, 0.29) is 5.91 Å². The monoisotopic (exact) mass is 290 g/mol. The molecule has 5 nitrogen and oxygen atoms in total. The van der Waals surface area contributed by atoms with Crippen molar-refractivity contribution in [2.24, 2.45) is 0 Å². The number of nitrogens with zero attached hydrogens (tertiary/aromatic N) is 3. The van der Waals surface area contributed by atoms with Crippen LogP contribution in [0, 0.1) is 0 Å². The van der Waals surface area contributed by atoms with Crippen molar-refractivity contribution in [3.05, 3.63) is 52.9 Å². The van der Waals surface area contributed by atoms with Gasteiger partial charge >= 0.3 is 0 Å². The van der Waals surface area contributed by atoms with Crippen molar-refractivity contribution in [3.8, 4) is 0 Å². The van der Waals surface area contributed by atoms with Gasteiger partial charge in [-0.3, -0.25) is 9.78 Å². The van der Waals surface area contributed by atoms with E-state index < -0.39 is 0 Å². The summed E-state index contributed by atoms with van der Waals surface area (Å²) in [4.78, 5) is 22.0. The van der Waals surface area contributed by atoms with Gasteiger partial charge in [0.2, 0.25) is 0 Å². The summed E-state index contributed by atoms with van der Waals surface area (Å²) in [6, 6.07) is 6.98. The Hall–Kier alpha value is -2.14. The first-order valence-electron chi connectivity index (χ1n) is 6.08. The lowest BCUT2D eigenvalue weighted by Gasteiger charge is -2.13. The smallest absolute Gasteiger partial charge is 0.251 e. The van der Waals surface area contributed by atoms with E-state index >= 15 is 0 Å². The van der Waals surface area contributed by atoms with Crippen molar-refractivity contribution in [1.82, 2.24) is 15.3 Å². The molecule has 0 saturated carbocycles. The van der Waals surface area contributed by atoms with Crippen molar-refractivity contribution in [3.63, 3.8) is 0 Å². The molecule has 6 heteroatoms. The summed E-state index contributed by atoms with van der Waals surface area (Å²) in [5, 5.41) is 3.12. The number of halogens is 1. The first-order valence-corrected chi connectivity index (χ1v) is 6.46. The highest BCUT2D eigenvalue weighted by Crippen LogP contribution is 2.16. The van der Waals surface area contributed by atoms with Crippen LogP contribution in [-0.2, 0) is 6.54 Å². The van der Waals surface area contributed by atoms with Crippen LogP contribution < -0.4 is 10.2 Å². The van der Waals surface area contributed by atoms with Gasteiger partial charge in [-0.25, -0.2) is 4.98 Å². The Bertz CT molecular complexity index is 601. The van der Waals surface area contributed by atoms with Crippen LogP contribution in [0.4, 0.5) is 5.82 Å². The highest BCUT2D eigenvalue weighted by molar-refractivity contribution is 6.29. The van der Waals surface area contributed by atoms with Crippen LogP contribution in [0.5, 0.6) is 0 Å². The molecule has 1 amide bonds. The van der Waals surface area contributed by atoms with Gasteiger partial charge < -0.3 is 10.2 Å². The normalized spacial score (nSPS) is 10.2. The molecular weight excluding hydrogens is 276 g/mol. The predicted octanol–water partition coefficient (Wildman–Crippen LogP) is 2.13. The summed E-state index contributed by atoms with van der Waals surface area (Å²) in [5.41, 5.74) is 1.42. The maximum Gasteiger partial charge on any atom is 0.251 e. The van der Waals surface area contributed by atoms with Crippen LogP contribution in [0.15, 0.2) is 36.7 Å². The minimum absolute atomic E-state index is 0.193. The predicted molar refractivity (Wildman–Crippen MR) is 79.0 cm³/mol. The van der Waals surface area contributed by atoms with E-state index in [9.17, 15) is 4.79 Å². The Morgan fingerprint density at radius 1 is 1.40 bits per heavy atom. The van der Waals surface area contributed by atoms with E-state index in [1.807, 2.05) is 26.2 Å². The molecule has 2 heterocycles. The molecule has 104 valence electrons. The second-order valence-corrected chi connectivity index (χ2v) is 4.86. The zero-order chi connectivity index (χ0) is 14.5. The van der Waals surface area contributed by atoms with Gasteiger partial charge in [0.05, 0.1) is 0 Å². The molecule has 2 rings (SSSR count). The van der Waals surface area contributed by atoms with Gasteiger partial charge in [0.1, 0.15) is 11.0 Å². The van der Waals surface area contributed by atoms with Crippen LogP contribution in [0.3, 0.4) is 0 Å². The number of amides is 1. The molecule has 0 atom stereocenters. The second-order valence-electron chi connectivity index (χ2n) is 4.48. The number of aromatic nitrogens is 2. The first kappa shape index (κ1) is 14.3. The number of hydrogen-bond acceptors (Lipinski definition) is 4. The van der Waals surface area contributed by atoms with Crippen LogP contribution in [0.2, 0.25) is 5.15 Å². The minimum Gasteiger partial charge on any atom is -0.363 e. The third-order valence-electron chi connectivity index (χ3n) is 2.68. The summed E-state index contributed by atoms with van der Waals surface area (Å²) >= 11 is 5.93. The molecule has 2 aromatic heterocycles. The molecule has 0 aliphatic rings. The van der Waals surface area contributed by atoms with E-state index in [1.165, 1.54) is 0 Å². The summed E-state index contributed by atoms with van der Waals surface area (Å²) in [7, 11) is 3.69. The number of anilines is 1. The maximum absolute atomic E-state index is 12.1. The van der Waals surface area contributed by atoms with Crippen LogP contribution in [0.25, 0.3) is 0 Å². The second kappa shape index (κ2) is 6.34. The molecule has 0 bridgehead atoms. The molecule has 0 spiro atoms. The van der Waals surface area contributed by atoms with Crippen molar-refractivity contribution in [1.29, 1.82) is 0 Å². The maximum atomic E-state index is 12.1. The van der Waals surface area contributed by atoms with Crippen molar-refractivity contribution >= 4 is 23.3 Å². The van der Waals surface area contributed by atoms with Crippen LogP contribution >= 0.6 is 11.6 Å². The Morgan fingerprint density at radius 2 is 2.20 bits per heavy atom. The zero-order valence-electron chi connectivity index (χ0n) is 11.3. The molecule has 2 aromatic rings. The van der Waals surface area contributed by atoms with Gasteiger partial charge in [0.25, 0.3) is 5.91 Å². The fourth-order valence-corrected chi connectivity index (χ4v) is 1.83. The average molecular weight is 291 g/mol. The summed E-state index contributed by atoms with van der Waals surface area (Å²) in [6.45, 7) is 0.421. The van der Waals surface area contributed by atoms with Crippen LogP contribution in [0.1, 0.15) is 15.9 Å². The number of hydrogen-bond donors (Lipinski definition) is 1. The molecule has 0 fully saturated rings. The molecule has 0 aliphatic carbocycles. The number of carbonyl (C=O) groups is 1. The van der Waals surface area contributed by atoms with E-state index in [1.54, 1.807) is 29.4 Å². The summed E-state index contributed by atoms with van der Waals surface area (Å²) in [6.07, 6.45) is 3.41.